The van der Waals surface area contributed by atoms with E-state index in [0.29, 0.717) is 26.1 Å². The number of benzene rings is 2. The Hall–Kier alpha value is -2.92. The van der Waals surface area contributed by atoms with Gasteiger partial charge in [0.2, 0.25) is 5.91 Å². The highest BCUT2D eigenvalue weighted by atomic mass is 16.1. The summed E-state index contributed by atoms with van der Waals surface area (Å²) in [5, 5.41) is 12.9. The van der Waals surface area contributed by atoms with Crippen LogP contribution in [0.5, 0.6) is 0 Å². The molecule has 0 saturated heterocycles. The molecule has 1 aromatic heterocycles. The van der Waals surface area contributed by atoms with Gasteiger partial charge in [-0.3, -0.25) is 9.48 Å². The third-order valence-corrected chi connectivity index (χ3v) is 4.27. The molecule has 0 aliphatic heterocycles. The number of amides is 1. The Balaban J connectivity index is 1.49. The zero-order valence-electron chi connectivity index (χ0n) is 15.0. The Kier molecular flexibility index (Phi) is 5.81. The second-order valence-corrected chi connectivity index (χ2v) is 6.25. The van der Waals surface area contributed by atoms with Gasteiger partial charge in [-0.25, -0.2) is 0 Å². The summed E-state index contributed by atoms with van der Waals surface area (Å²) in [5.41, 5.74) is 3.00. The molecule has 1 amide bonds. The summed E-state index contributed by atoms with van der Waals surface area (Å²) in [4.78, 5) is 12.2. The second kappa shape index (κ2) is 8.45. The van der Waals surface area contributed by atoms with E-state index >= 15 is 0 Å². The highest BCUT2D eigenvalue weighted by molar-refractivity contribution is 6.02. The van der Waals surface area contributed by atoms with Crippen molar-refractivity contribution >= 4 is 22.4 Å². The van der Waals surface area contributed by atoms with Crippen LogP contribution in [0.3, 0.4) is 0 Å². The topological polar surface area (TPSA) is 59.0 Å². The van der Waals surface area contributed by atoms with Crippen LogP contribution < -0.4 is 10.6 Å². The fraction of sp³-hybridized carbons (Fsp3) is 0.238. The van der Waals surface area contributed by atoms with Crippen LogP contribution >= 0.6 is 0 Å². The van der Waals surface area contributed by atoms with E-state index in [2.05, 4.69) is 22.3 Å². The molecule has 0 saturated carbocycles. The monoisotopic (exact) mass is 348 g/mol. The van der Waals surface area contributed by atoms with Crippen molar-refractivity contribution in [1.82, 2.24) is 15.1 Å². The second-order valence-electron chi connectivity index (χ2n) is 6.25. The van der Waals surface area contributed by atoms with Gasteiger partial charge in [0.1, 0.15) is 0 Å². The van der Waals surface area contributed by atoms with Gasteiger partial charge >= 0.3 is 0 Å². The minimum Gasteiger partial charge on any atom is -0.325 e. The number of rotatable bonds is 8. The van der Waals surface area contributed by atoms with Gasteiger partial charge in [-0.2, -0.15) is 5.10 Å². The lowest BCUT2D eigenvalue weighted by atomic mass is 10.1. The molecule has 0 unspecified atom stereocenters. The molecule has 0 spiro atoms. The van der Waals surface area contributed by atoms with E-state index in [-0.39, 0.29) is 5.91 Å². The Morgan fingerprint density at radius 3 is 2.88 bits per heavy atom. The van der Waals surface area contributed by atoms with Gasteiger partial charge in [0.05, 0.1) is 12.2 Å². The van der Waals surface area contributed by atoms with E-state index in [9.17, 15) is 4.79 Å². The summed E-state index contributed by atoms with van der Waals surface area (Å²) >= 11 is 0. The minimum atomic E-state index is 0.00734. The number of carbonyl (C=O) groups excluding carboxylic acids is 1. The summed E-state index contributed by atoms with van der Waals surface area (Å²) < 4.78 is 1.87. The molecular formula is C21H24N4O. The number of hydrogen-bond donors (Lipinski definition) is 2. The van der Waals surface area contributed by atoms with Crippen LogP contribution in [0.25, 0.3) is 10.8 Å². The van der Waals surface area contributed by atoms with Gasteiger partial charge < -0.3 is 10.6 Å². The third-order valence-electron chi connectivity index (χ3n) is 4.27. The van der Waals surface area contributed by atoms with Gasteiger partial charge in [-0.1, -0.05) is 42.5 Å². The maximum atomic E-state index is 12.2. The van der Waals surface area contributed by atoms with Crippen LogP contribution in [0.1, 0.15) is 17.7 Å². The van der Waals surface area contributed by atoms with Gasteiger partial charge in [0.25, 0.3) is 0 Å². The normalized spacial score (nSPS) is 10.8. The van der Waals surface area contributed by atoms with Gasteiger partial charge in [0, 0.05) is 42.3 Å². The standard InChI is InChI=1S/C21H24N4O/c1-3-13-25-15-18(16(2)24-25)14-22-12-11-21(26)23-20-10-6-8-17-7-4-5-9-19(17)20/h3-10,15,22H,1,11-14H2,2H3,(H,23,26). The Morgan fingerprint density at radius 1 is 1.23 bits per heavy atom. The fourth-order valence-electron chi connectivity index (χ4n) is 2.93. The summed E-state index contributed by atoms with van der Waals surface area (Å²) in [6, 6.07) is 14.0. The maximum absolute atomic E-state index is 12.2. The quantitative estimate of drug-likeness (QED) is 0.482. The molecule has 0 fully saturated rings. The van der Waals surface area contributed by atoms with Crippen molar-refractivity contribution < 1.29 is 4.79 Å². The molecule has 0 aliphatic rings. The zero-order valence-corrected chi connectivity index (χ0v) is 15.0. The average molecular weight is 348 g/mol. The van der Waals surface area contributed by atoms with E-state index in [1.807, 2.05) is 66.3 Å². The molecule has 3 aromatic rings. The van der Waals surface area contributed by atoms with Crippen LogP contribution in [0.2, 0.25) is 0 Å². The highest BCUT2D eigenvalue weighted by Crippen LogP contribution is 2.22. The lowest BCUT2D eigenvalue weighted by Crippen LogP contribution is -2.21. The number of anilines is 1. The number of fused-ring (bicyclic) bond motifs is 1. The van der Waals surface area contributed by atoms with Crippen molar-refractivity contribution in [3.63, 3.8) is 0 Å². The summed E-state index contributed by atoms with van der Waals surface area (Å²) in [6.07, 6.45) is 4.25. The largest absolute Gasteiger partial charge is 0.325 e. The number of carbonyl (C=O) groups is 1. The third kappa shape index (κ3) is 4.37. The predicted molar refractivity (Wildman–Crippen MR) is 106 cm³/mol. The number of aryl methyl sites for hydroxylation is 1. The Bertz CT molecular complexity index is 908. The van der Waals surface area contributed by atoms with E-state index in [1.54, 1.807) is 0 Å². The molecule has 5 heteroatoms. The molecule has 134 valence electrons. The first-order valence-corrected chi connectivity index (χ1v) is 8.79. The molecule has 0 atom stereocenters. The van der Waals surface area contributed by atoms with Crippen molar-refractivity contribution in [3.05, 3.63) is 72.6 Å². The van der Waals surface area contributed by atoms with Gasteiger partial charge in [0.15, 0.2) is 0 Å². The van der Waals surface area contributed by atoms with E-state index in [1.165, 1.54) is 0 Å². The molecule has 1 heterocycles. The molecule has 0 aliphatic carbocycles. The van der Waals surface area contributed by atoms with Crippen molar-refractivity contribution in [3.8, 4) is 0 Å². The van der Waals surface area contributed by atoms with Crippen LogP contribution in [0.4, 0.5) is 5.69 Å². The van der Waals surface area contributed by atoms with Crippen molar-refractivity contribution in [2.75, 3.05) is 11.9 Å². The smallest absolute Gasteiger partial charge is 0.225 e. The fourth-order valence-corrected chi connectivity index (χ4v) is 2.93. The summed E-state index contributed by atoms with van der Waals surface area (Å²) in [5.74, 6) is 0.00734. The number of allylic oxidation sites excluding steroid dienone is 1. The van der Waals surface area contributed by atoms with E-state index < -0.39 is 0 Å². The first-order chi connectivity index (χ1) is 12.7. The van der Waals surface area contributed by atoms with E-state index in [4.69, 9.17) is 0 Å². The molecular weight excluding hydrogens is 324 g/mol. The SMILES string of the molecule is C=CCn1cc(CNCCC(=O)Nc2cccc3ccccc23)c(C)n1. The predicted octanol–water partition coefficient (Wildman–Crippen LogP) is 3.65. The molecule has 26 heavy (non-hydrogen) atoms. The number of hydrogen-bond acceptors (Lipinski definition) is 3. The maximum Gasteiger partial charge on any atom is 0.225 e. The van der Waals surface area contributed by atoms with Crippen LogP contribution in [-0.2, 0) is 17.9 Å². The number of nitrogens with one attached hydrogen (secondary N) is 2. The van der Waals surface area contributed by atoms with Crippen LogP contribution in [-0.4, -0.2) is 22.2 Å². The molecule has 0 bridgehead atoms. The Morgan fingerprint density at radius 2 is 2.04 bits per heavy atom. The van der Waals surface area contributed by atoms with E-state index in [0.717, 1.165) is 27.7 Å². The van der Waals surface area contributed by atoms with Gasteiger partial charge in [-0.15, -0.1) is 6.58 Å². The number of nitrogens with zero attached hydrogens (tertiary/aromatic N) is 2. The van der Waals surface area contributed by atoms with Crippen molar-refractivity contribution in [1.29, 1.82) is 0 Å². The van der Waals surface area contributed by atoms with Crippen molar-refractivity contribution in [2.45, 2.75) is 26.4 Å². The molecule has 2 N–H and O–H groups in total. The first kappa shape index (κ1) is 17.9. The van der Waals surface area contributed by atoms with Crippen LogP contribution in [0.15, 0.2) is 61.3 Å². The minimum absolute atomic E-state index is 0.00734. The molecule has 3 rings (SSSR count). The highest BCUT2D eigenvalue weighted by Gasteiger charge is 2.07. The van der Waals surface area contributed by atoms with Crippen molar-refractivity contribution in [2.24, 2.45) is 0 Å². The Labute approximate surface area is 153 Å². The summed E-state index contributed by atoms with van der Waals surface area (Å²) in [6.45, 7) is 7.73. The van der Waals surface area contributed by atoms with Crippen LogP contribution in [0, 0.1) is 6.92 Å². The molecule has 0 radical (unpaired) electrons. The molecule has 5 nitrogen and oxygen atoms in total. The lowest BCUT2D eigenvalue weighted by molar-refractivity contribution is -0.116. The molecule has 2 aromatic carbocycles. The van der Waals surface area contributed by atoms with Gasteiger partial charge in [-0.05, 0) is 18.4 Å². The average Bonchev–Trinajstić information content (AvgIpc) is 2.99. The number of aromatic nitrogens is 2. The summed E-state index contributed by atoms with van der Waals surface area (Å²) in [7, 11) is 0. The first-order valence-electron chi connectivity index (χ1n) is 8.79. The zero-order chi connectivity index (χ0) is 18.4. The lowest BCUT2D eigenvalue weighted by Gasteiger charge is -2.09.